The van der Waals surface area contributed by atoms with Gasteiger partial charge in [0.05, 0.1) is 22.3 Å². The molecule has 0 bridgehead atoms. The van der Waals surface area contributed by atoms with Crippen LogP contribution in [0, 0.1) is 0 Å². The van der Waals surface area contributed by atoms with Crippen LogP contribution < -0.4 is 0 Å². The molecule has 0 unspecified atom stereocenters. The van der Waals surface area contributed by atoms with Gasteiger partial charge >= 0.3 is 24.3 Å². The molecule has 0 aliphatic heterocycles. The molecule has 0 heterocycles. The first kappa shape index (κ1) is 22.9. The molecule has 0 saturated carbocycles. The third-order valence-corrected chi connectivity index (χ3v) is 4.62. The third-order valence-electron chi connectivity index (χ3n) is 4.62. The number of hydrogen-bond acceptors (Lipinski definition) is 2. The lowest BCUT2D eigenvalue weighted by Gasteiger charge is -2.16. The molecule has 0 fully saturated rings. The molecule has 166 valence electrons. The zero-order valence-corrected chi connectivity index (χ0v) is 15.8. The highest BCUT2D eigenvalue weighted by Crippen LogP contribution is 2.39. The Bertz CT molecular complexity index is 1120. The van der Waals surface area contributed by atoms with Gasteiger partial charge in [-0.05, 0) is 58.7 Å². The summed E-state index contributed by atoms with van der Waals surface area (Å²) in [7, 11) is 0. The molecule has 0 aliphatic carbocycles. The fourth-order valence-electron chi connectivity index (χ4n) is 3.16. The molecule has 0 radical (unpaired) electrons. The minimum atomic E-state index is -4.73. The van der Waals surface area contributed by atoms with Crippen molar-refractivity contribution in [1.29, 1.82) is 0 Å². The summed E-state index contributed by atoms with van der Waals surface area (Å²) in [6, 6.07) is 9.19. The molecule has 0 aliphatic rings. The number of carboxylic acids is 2. The highest BCUT2D eigenvalue weighted by Gasteiger charge is 2.32. The van der Waals surface area contributed by atoms with Crippen LogP contribution in [0.1, 0.15) is 31.8 Å². The Balaban J connectivity index is 2.38. The molecule has 0 saturated heterocycles. The van der Waals surface area contributed by atoms with Gasteiger partial charge in [-0.3, -0.25) is 0 Å². The lowest BCUT2D eigenvalue weighted by atomic mass is 9.89. The van der Waals surface area contributed by atoms with E-state index < -0.39 is 46.5 Å². The van der Waals surface area contributed by atoms with Crippen LogP contribution in [0.3, 0.4) is 0 Å². The first-order valence-corrected chi connectivity index (χ1v) is 8.79. The van der Waals surface area contributed by atoms with E-state index in [1.54, 1.807) is 0 Å². The van der Waals surface area contributed by atoms with Gasteiger partial charge in [0, 0.05) is 0 Å². The predicted molar refractivity (Wildman–Crippen MR) is 101 cm³/mol. The van der Waals surface area contributed by atoms with Crippen LogP contribution in [0.15, 0.2) is 60.7 Å². The number of benzene rings is 3. The van der Waals surface area contributed by atoms with E-state index in [1.165, 1.54) is 12.1 Å². The summed E-state index contributed by atoms with van der Waals surface area (Å²) < 4.78 is 79.0. The lowest BCUT2D eigenvalue weighted by molar-refractivity contribution is -0.138. The average Bonchev–Trinajstić information content (AvgIpc) is 2.71. The Labute approximate surface area is 176 Å². The normalized spacial score (nSPS) is 11.9. The van der Waals surface area contributed by atoms with Crippen LogP contribution in [0.2, 0.25) is 0 Å². The summed E-state index contributed by atoms with van der Waals surface area (Å²) in [5, 5.41) is 18.8. The second-order valence-electron chi connectivity index (χ2n) is 6.71. The van der Waals surface area contributed by atoms with Gasteiger partial charge in [-0.2, -0.15) is 26.3 Å². The van der Waals surface area contributed by atoms with Crippen molar-refractivity contribution in [3.8, 4) is 22.3 Å². The van der Waals surface area contributed by atoms with E-state index in [0.717, 1.165) is 36.4 Å². The lowest BCUT2D eigenvalue weighted by Crippen LogP contribution is -2.10. The molecular formula is C22H12F6O4. The standard InChI is InChI=1S/C22H12F6O4/c23-21(24,25)13-5-1-3-11(7-13)15-9-17(19(29)30)18(20(31)32)10-16(15)12-4-2-6-14(8-12)22(26,27)28/h1-10H,(H,29,30)(H,31,32). The van der Waals surface area contributed by atoms with E-state index in [-0.39, 0.29) is 22.3 Å². The van der Waals surface area contributed by atoms with Crippen LogP contribution >= 0.6 is 0 Å². The van der Waals surface area contributed by atoms with Crippen molar-refractivity contribution >= 4 is 11.9 Å². The maximum absolute atomic E-state index is 13.2. The molecule has 0 amide bonds. The topological polar surface area (TPSA) is 74.6 Å². The predicted octanol–water partition coefficient (Wildman–Crippen LogP) is 6.45. The highest BCUT2D eigenvalue weighted by atomic mass is 19.4. The molecule has 3 rings (SSSR count). The van der Waals surface area contributed by atoms with E-state index in [0.29, 0.717) is 12.1 Å². The van der Waals surface area contributed by atoms with Crippen molar-refractivity contribution in [1.82, 2.24) is 0 Å². The number of carboxylic acid groups (broad SMARTS) is 2. The van der Waals surface area contributed by atoms with Crippen molar-refractivity contribution in [2.75, 3.05) is 0 Å². The first-order valence-electron chi connectivity index (χ1n) is 8.79. The maximum Gasteiger partial charge on any atom is 0.416 e. The fraction of sp³-hybridized carbons (Fsp3) is 0.0909. The van der Waals surface area contributed by atoms with Crippen LogP contribution in [-0.2, 0) is 12.4 Å². The summed E-state index contributed by atoms with van der Waals surface area (Å²) in [6.45, 7) is 0. The average molecular weight is 454 g/mol. The minimum absolute atomic E-state index is 0.147. The second kappa shape index (κ2) is 8.03. The summed E-state index contributed by atoms with van der Waals surface area (Å²) in [4.78, 5) is 23.2. The Hall–Kier alpha value is -3.82. The Morgan fingerprint density at radius 2 is 0.938 bits per heavy atom. The van der Waals surface area contributed by atoms with Gasteiger partial charge in [-0.1, -0.05) is 24.3 Å². The smallest absolute Gasteiger partial charge is 0.416 e. The van der Waals surface area contributed by atoms with Gasteiger partial charge in [-0.15, -0.1) is 0 Å². The van der Waals surface area contributed by atoms with Crippen molar-refractivity contribution in [3.63, 3.8) is 0 Å². The number of halogens is 6. The number of hydrogen-bond donors (Lipinski definition) is 2. The quantitative estimate of drug-likeness (QED) is 0.444. The molecule has 2 N–H and O–H groups in total. The van der Waals surface area contributed by atoms with Crippen molar-refractivity contribution in [3.05, 3.63) is 82.9 Å². The monoisotopic (exact) mass is 454 g/mol. The fourth-order valence-corrected chi connectivity index (χ4v) is 3.16. The van der Waals surface area contributed by atoms with Crippen molar-refractivity contribution < 1.29 is 46.1 Å². The molecule has 4 nitrogen and oxygen atoms in total. The van der Waals surface area contributed by atoms with Gasteiger partial charge in [0.25, 0.3) is 0 Å². The van der Waals surface area contributed by atoms with Crippen LogP contribution in [0.4, 0.5) is 26.3 Å². The number of alkyl halides is 6. The molecule has 3 aromatic rings. The maximum atomic E-state index is 13.2. The molecule has 0 spiro atoms. The van der Waals surface area contributed by atoms with Gasteiger partial charge in [0.15, 0.2) is 0 Å². The Morgan fingerprint density at radius 3 is 1.22 bits per heavy atom. The van der Waals surface area contributed by atoms with Gasteiger partial charge in [0.1, 0.15) is 0 Å². The SMILES string of the molecule is O=C(O)c1cc(-c2cccc(C(F)(F)F)c2)c(-c2cccc(C(F)(F)F)c2)cc1C(=O)O. The van der Waals surface area contributed by atoms with E-state index in [4.69, 9.17) is 0 Å². The highest BCUT2D eigenvalue weighted by molar-refractivity contribution is 6.05. The van der Waals surface area contributed by atoms with E-state index in [1.807, 2.05) is 0 Å². The summed E-state index contributed by atoms with van der Waals surface area (Å²) in [6.07, 6.45) is -9.47. The molecule has 3 aromatic carbocycles. The van der Waals surface area contributed by atoms with Gasteiger partial charge in [-0.25, -0.2) is 9.59 Å². The van der Waals surface area contributed by atoms with Gasteiger partial charge < -0.3 is 10.2 Å². The van der Waals surface area contributed by atoms with Crippen LogP contribution in [0.25, 0.3) is 22.3 Å². The molecule has 0 atom stereocenters. The Morgan fingerprint density at radius 1 is 0.594 bits per heavy atom. The third kappa shape index (κ3) is 4.58. The zero-order chi connectivity index (χ0) is 23.8. The van der Waals surface area contributed by atoms with Crippen LogP contribution in [0.5, 0.6) is 0 Å². The zero-order valence-electron chi connectivity index (χ0n) is 15.8. The first-order chi connectivity index (χ1) is 14.8. The van der Waals surface area contributed by atoms with E-state index in [2.05, 4.69) is 0 Å². The Kier molecular flexibility index (Phi) is 5.73. The number of carbonyl (C=O) groups is 2. The van der Waals surface area contributed by atoms with E-state index >= 15 is 0 Å². The van der Waals surface area contributed by atoms with Gasteiger partial charge in [0.2, 0.25) is 0 Å². The van der Waals surface area contributed by atoms with E-state index in [9.17, 15) is 46.1 Å². The second-order valence-corrected chi connectivity index (χ2v) is 6.71. The van der Waals surface area contributed by atoms with Crippen LogP contribution in [-0.4, -0.2) is 22.2 Å². The summed E-state index contributed by atoms with van der Waals surface area (Å²) in [5.41, 5.74) is -4.20. The molecule has 0 aromatic heterocycles. The number of rotatable bonds is 4. The molecular weight excluding hydrogens is 442 g/mol. The molecule has 10 heteroatoms. The largest absolute Gasteiger partial charge is 0.478 e. The van der Waals surface area contributed by atoms with Crippen molar-refractivity contribution in [2.45, 2.75) is 12.4 Å². The minimum Gasteiger partial charge on any atom is -0.478 e. The summed E-state index contributed by atoms with van der Waals surface area (Å²) >= 11 is 0. The molecule has 32 heavy (non-hydrogen) atoms. The summed E-state index contributed by atoms with van der Waals surface area (Å²) in [5.74, 6) is -3.32. The number of aromatic carboxylic acids is 2. The van der Waals surface area contributed by atoms with Crippen molar-refractivity contribution in [2.24, 2.45) is 0 Å².